The minimum atomic E-state index is 0.264. The van der Waals surface area contributed by atoms with Crippen molar-refractivity contribution >= 4 is 0 Å². The van der Waals surface area contributed by atoms with Crippen molar-refractivity contribution in [1.29, 1.82) is 0 Å². The molecule has 2 N–H and O–H groups in total. The number of rotatable bonds is 0. The molecule has 0 amide bonds. The Labute approximate surface area is 93.0 Å². The fourth-order valence-corrected chi connectivity index (χ4v) is 2.81. The van der Waals surface area contributed by atoms with Crippen LogP contribution in [-0.4, -0.2) is 42.8 Å². The molecule has 2 aliphatic heterocycles. The number of piperidine rings is 1. The van der Waals surface area contributed by atoms with Gasteiger partial charge in [-0.2, -0.15) is 0 Å². The Morgan fingerprint density at radius 2 is 1.87 bits per heavy atom. The van der Waals surface area contributed by atoms with E-state index in [1.54, 1.807) is 0 Å². The fraction of sp³-hybridized carbons (Fsp3) is 1.00. The Morgan fingerprint density at radius 3 is 2.27 bits per heavy atom. The summed E-state index contributed by atoms with van der Waals surface area (Å²) in [7, 11) is 0. The van der Waals surface area contributed by atoms with Gasteiger partial charge in [-0.25, -0.2) is 0 Å². The summed E-state index contributed by atoms with van der Waals surface area (Å²) in [5.41, 5.74) is 6.75. The average molecular weight is 212 g/mol. The normalized spacial score (nSPS) is 32.4. The largest absolute Gasteiger partial charge is 0.379 e. The van der Waals surface area contributed by atoms with E-state index in [0.29, 0.717) is 11.0 Å². The Kier molecular flexibility index (Phi) is 2.82. The zero-order valence-electron chi connectivity index (χ0n) is 10.3. The van der Waals surface area contributed by atoms with Gasteiger partial charge in [0.1, 0.15) is 0 Å². The minimum Gasteiger partial charge on any atom is -0.379 e. The molecule has 1 atom stereocenters. The van der Waals surface area contributed by atoms with Gasteiger partial charge in [0, 0.05) is 17.0 Å². The summed E-state index contributed by atoms with van der Waals surface area (Å²) >= 11 is 0. The smallest absolute Gasteiger partial charge is 0.0624 e. The van der Waals surface area contributed by atoms with E-state index < -0.39 is 0 Å². The molecule has 15 heavy (non-hydrogen) atoms. The van der Waals surface area contributed by atoms with Crippen LogP contribution in [0.2, 0.25) is 0 Å². The maximum atomic E-state index is 6.16. The summed E-state index contributed by atoms with van der Waals surface area (Å²) in [6, 6.07) is 0.264. The first-order valence-corrected chi connectivity index (χ1v) is 6.02. The molecule has 88 valence electrons. The highest BCUT2D eigenvalue weighted by molar-refractivity contribution is 4.98. The third-order valence-electron chi connectivity index (χ3n) is 4.18. The van der Waals surface area contributed by atoms with Crippen LogP contribution in [0.3, 0.4) is 0 Å². The molecule has 0 unspecified atom stereocenters. The number of nitrogens with two attached hydrogens (primary N) is 1. The monoisotopic (exact) mass is 212 g/mol. The highest BCUT2D eigenvalue weighted by atomic mass is 16.5. The third kappa shape index (κ3) is 2.05. The summed E-state index contributed by atoms with van der Waals surface area (Å²) in [6.07, 6.45) is 2.40. The van der Waals surface area contributed by atoms with Gasteiger partial charge in [0.25, 0.3) is 0 Å². The van der Waals surface area contributed by atoms with Crippen LogP contribution in [0.15, 0.2) is 0 Å². The molecular formula is C12H24N2O. The Morgan fingerprint density at radius 1 is 1.27 bits per heavy atom. The maximum absolute atomic E-state index is 6.16. The molecule has 0 aromatic heterocycles. The van der Waals surface area contributed by atoms with Crippen molar-refractivity contribution in [3.63, 3.8) is 0 Å². The van der Waals surface area contributed by atoms with Crippen LogP contribution < -0.4 is 5.73 Å². The molecule has 0 radical (unpaired) electrons. The van der Waals surface area contributed by atoms with E-state index in [9.17, 15) is 0 Å². The minimum absolute atomic E-state index is 0.264. The predicted molar refractivity (Wildman–Crippen MR) is 61.8 cm³/mol. The molecule has 0 saturated carbocycles. The van der Waals surface area contributed by atoms with E-state index in [0.717, 1.165) is 13.2 Å². The lowest BCUT2D eigenvalue weighted by atomic mass is 9.74. The fourth-order valence-electron chi connectivity index (χ4n) is 2.81. The zero-order valence-corrected chi connectivity index (χ0v) is 10.3. The summed E-state index contributed by atoms with van der Waals surface area (Å²) < 4.78 is 5.53. The maximum Gasteiger partial charge on any atom is 0.0624 e. The molecule has 2 heterocycles. The highest BCUT2D eigenvalue weighted by Gasteiger charge is 2.45. The molecule has 3 heteroatoms. The molecule has 2 saturated heterocycles. The number of hydrogen-bond acceptors (Lipinski definition) is 3. The van der Waals surface area contributed by atoms with Crippen molar-refractivity contribution < 1.29 is 4.74 Å². The Bertz CT molecular complexity index is 226. The summed E-state index contributed by atoms with van der Waals surface area (Å²) in [5.74, 6) is 0. The first-order chi connectivity index (χ1) is 6.94. The lowest BCUT2D eigenvalue weighted by Crippen LogP contribution is -2.53. The summed E-state index contributed by atoms with van der Waals surface area (Å²) in [5, 5.41) is 0. The van der Waals surface area contributed by atoms with Crippen LogP contribution in [0.1, 0.15) is 33.6 Å². The van der Waals surface area contributed by atoms with Gasteiger partial charge >= 0.3 is 0 Å². The first kappa shape index (κ1) is 11.4. The third-order valence-corrected chi connectivity index (χ3v) is 4.18. The van der Waals surface area contributed by atoms with Gasteiger partial charge in [0.2, 0.25) is 0 Å². The second-order valence-corrected chi connectivity index (χ2v) is 6.14. The average Bonchev–Trinajstić information content (AvgIpc) is 2.48. The Balaban J connectivity index is 1.97. The van der Waals surface area contributed by atoms with E-state index in [-0.39, 0.29) is 6.04 Å². The van der Waals surface area contributed by atoms with Gasteiger partial charge in [0.05, 0.1) is 13.2 Å². The molecule has 0 aliphatic carbocycles. The second-order valence-electron chi connectivity index (χ2n) is 6.14. The molecule has 2 aliphatic rings. The van der Waals surface area contributed by atoms with Gasteiger partial charge in [-0.1, -0.05) is 0 Å². The Hall–Kier alpha value is -0.120. The van der Waals surface area contributed by atoms with E-state index in [1.165, 1.54) is 25.9 Å². The molecular weight excluding hydrogens is 188 g/mol. The van der Waals surface area contributed by atoms with E-state index in [2.05, 4.69) is 25.7 Å². The quantitative estimate of drug-likeness (QED) is 0.656. The van der Waals surface area contributed by atoms with Gasteiger partial charge in [-0.15, -0.1) is 0 Å². The molecule has 0 aromatic carbocycles. The molecule has 0 bridgehead atoms. The van der Waals surface area contributed by atoms with Crippen LogP contribution in [0.5, 0.6) is 0 Å². The van der Waals surface area contributed by atoms with Crippen LogP contribution >= 0.6 is 0 Å². The molecule has 0 aromatic rings. The van der Waals surface area contributed by atoms with Gasteiger partial charge in [-0.3, -0.25) is 4.90 Å². The second kappa shape index (κ2) is 3.72. The highest BCUT2D eigenvalue weighted by Crippen LogP contribution is 2.39. The number of ether oxygens (including phenoxy) is 1. The topological polar surface area (TPSA) is 38.5 Å². The van der Waals surface area contributed by atoms with Crippen LogP contribution in [0.4, 0.5) is 0 Å². The van der Waals surface area contributed by atoms with Crippen molar-refractivity contribution in [3.8, 4) is 0 Å². The summed E-state index contributed by atoms with van der Waals surface area (Å²) in [6.45, 7) is 10.8. The first-order valence-electron chi connectivity index (χ1n) is 6.02. The standard InChI is InChI=1S/C12H24N2O/c1-11(2,3)14-6-4-12(5-7-14)9-15-8-10(12)13/h10H,4-9,13H2,1-3H3/t10-/m0/s1. The lowest BCUT2D eigenvalue weighted by molar-refractivity contribution is 0.0303. The van der Waals surface area contributed by atoms with Crippen LogP contribution in [0, 0.1) is 5.41 Å². The van der Waals surface area contributed by atoms with Gasteiger partial charge < -0.3 is 10.5 Å². The van der Waals surface area contributed by atoms with Crippen molar-refractivity contribution in [1.82, 2.24) is 4.90 Å². The molecule has 3 nitrogen and oxygen atoms in total. The predicted octanol–water partition coefficient (Wildman–Crippen LogP) is 1.22. The molecule has 1 spiro atoms. The van der Waals surface area contributed by atoms with Crippen LogP contribution in [-0.2, 0) is 4.74 Å². The van der Waals surface area contributed by atoms with Crippen LogP contribution in [0.25, 0.3) is 0 Å². The molecule has 2 rings (SSSR count). The van der Waals surface area contributed by atoms with E-state index in [1.807, 2.05) is 0 Å². The number of likely N-dealkylation sites (tertiary alicyclic amines) is 1. The SMILES string of the molecule is CC(C)(C)N1CCC2(CC1)COC[C@@H]2N. The van der Waals surface area contributed by atoms with Gasteiger partial charge in [0.15, 0.2) is 0 Å². The number of nitrogens with zero attached hydrogens (tertiary/aromatic N) is 1. The van der Waals surface area contributed by atoms with E-state index in [4.69, 9.17) is 10.5 Å². The van der Waals surface area contributed by atoms with Crippen molar-refractivity contribution in [2.24, 2.45) is 11.1 Å². The number of hydrogen-bond donors (Lipinski definition) is 1. The van der Waals surface area contributed by atoms with E-state index >= 15 is 0 Å². The van der Waals surface area contributed by atoms with Crippen molar-refractivity contribution in [2.45, 2.75) is 45.2 Å². The molecule has 2 fully saturated rings. The zero-order chi connectivity index (χ0) is 11.1. The summed E-state index contributed by atoms with van der Waals surface area (Å²) in [4.78, 5) is 2.56. The lowest BCUT2D eigenvalue weighted by Gasteiger charge is -2.46. The van der Waals surface area contributed by atoms with Gasteiger partial charge in [-0.05, 0) is 46.7 Å². The van der Waals surface area contributed by atoms with Crippen molar-refractivity contribution in [3.05, 3.63) is 0 Å². The van der Waals surface area contributed by atoms with Crippen molar-refractivity contribution in [2.75, 3.05) is 26.3 Å².